The Bertz CT molecular complexity index is 744. The number of imidazole rings is 1. The second-order valence-corrected chi connectivity index (χ2v) is 7.79. The van der Waals surface area contributed by atoms with Crippen LogP contribution in [0.25, 0.3) is 0 Å². The van der Waals surface area contributed by atoms with E-state index in [1.807, 2.05) is 18.0 Å². The first-order valence-electron chi connectivity index (χ1n) is 9.37. The van der Waals surface area contributed by atoms with Gasteiger partial charge in [0, 0.05) is 49.6 Å². The number of nitrogens with one attached hydrogen (secondary N) is 1. The molecule has 1 spiro atoms. The van der Waals surface area contributed by atoms with Gasteiger partial charge in [0.1, 0.15) is 0 Å². The highest BCUT2D eigenvalue weighted by Crippen LogP contribution is 2.39. The lowest BCUT2D eigenvalue weighted by Crippen LogP contribution is -2.53. The lowest BCUT2D eigenvalue weighted by atomic mass is 9.73. The molecule has 0 aromatic carbocycles. The van der Waals surface area contributed by atoms with E-state index in [2.05, 4.69) is 24.8 Å². The van der Waals surface area contributed by atoms with Crippen LogP contribution in [-0.2, 0) is 17.9 Å². The summed E-state index contributed by atoms with van der Waals surface area (Å²) in [7, 11) is 0. The average molecular weight is 354 g/mol. The zero-order valence-corrected chi connectivity index (χ0v) is 15.3. The van der Waals surface area contributed by atoms with Crippen molar-refractivity contribution in [1.82, 2.24) is 29.7 Å². The minimum absolute atomic E-state index is 0.199. The van der Waals surface area contributed by atoms with Crippen LogP contribution >= 0.6 is 0 Å². The summed E-state index contributed by atoms with van der Waals surface area (Å²) in [5.74, 6) is 0.240. The first-order valence-corrected chi connectivity index (χ1v) is 9.37. The predicted molar refractivity (Wildman–Crippen MR) is 97.0 cm³/mol. The van der Waals surface area contributed by atoms with E-state index in [9.17, 15) is 4.79 Å². The fourth-order valence-corrected chi connectivity index (χ4v) is 4.33. The molecule has 7 heteroatoms. The summed E-state index contributed by atoms with van der Waals surface area (Å²) >= 11 is 0. The van der Waals surface area contributed by atoms with Gasteiger partial charge in [-0.05, 0) is 32.7 Å². The van der Waals surface area contributed by atoms with Crippen LogP contribution in [-0.4, -0.2) is 55.3 Å². The highest BCUT2D eigenvalue weighted by Gasteiger charge is 2.41. The summed E-state index contributed by atoms with van der Waals surface area (Å²) in [5.41, 5.74) is 3.12. The number of nitrogens with zero attached hydrogens (tertiary/aromatic N) is 5. The van der Waals surface area contributed by atoms with Gasteiger partial charge in [-0.15, -0.1) is 0 Å². The molecule has 0 radical (unpaired) electrons. The van der Waals surface area contributed by atoms with E-state index in [-0.39, 0.29) is 11.3 Å². The van der Waals surface area contributed by atoms with E-state index >= 15 is 0 Å². The molecule has 2 aliphatic heterocycles. The lowest BCUT2D eigenvalue weighted by Gasteiger charge is -2.48. The standard InChI is InChI=1S/C19H26N6O/c1-15-7-22-17(9-21-15)11-25-13-19(5-3-18(25)26)4-2-6-24(12-19)10-16-8-20-14-23-16/h7-9,14H,2-6,10-13H2,1H3,(H,20,23). The Labute approximate surface area is 153 Å². The van der Waals surface area contributed by atoms with Crippen molar-refractivity contribution in [3.05, 3.63) is 42.0 Å². The van der Waals surface area contributed by atoms with Crippen molar-refractivity contribution in [3.8, 4) is 0 Å². The molecular formula is C19H26N6O. The van der Waals surface area contributed by atoms with Gasteiger partial charge in [0.25, 0.3) is 0 Å². The Morgan fingerprint density at radius 1 is 1.15 bits per heavy atom. The summed E-state index contributed by atoms with van der Waals surface area (Å²) in [4.78, 5) is 33.0. The maximum atomic E-state index is 12.5. The number of hydrogen-bond donors (Lipinski definition) is 1. The quantitative estimate of drug-likeness (QED) is 0.907. The van der Waals surface area contributed by atoms with Gasteiger partial charge in [0.05, 0.1) is 30.5 Å². The maximum Gasteiger partial charge on any atom is 0.222 e. The monoisotopic (exact) mass is 354 g/mol. The number of hydrogen-bond acceptors (Lipinski definition) is 5. The molecule has 0 saturated carbocycles. The van der Waals surface area contributed by atoms with Crippen LogP contribution in [0.5, 0.6) is 0 Å². The summed E-state index contributed by atoms with van der Waals surface area (Å²) < 4.78 is 0. The first-order chi connectivity index (χ1) is 12.6. The normalized spacial score (nSPS) is 24.3. The molecule has 2 saturated heterocycles. The van der Waals surface area contributed by atoms with E-state index in [1.54, 1.807) is 18.7 Å². The van der Waals surface area contributed by atoms with Gasteiger partial charge in [-0.2, -0.15) is 0 Å². The zero-order valence-electron chi connectivity index (χ0n) is 15.3. The van der Waals surface area contributed by atoms with Crippen LogP contribution in [0.2, 0.25) is 0 Å². The van der Waals surface area contributed by atoms with Crippen LogP contribution in [0.15, 0.2) is 24.9 Å². The van der Waals surface area contributed by atoms with Crippen molar-refractivity contribution in [2.45, 2.75) is 45.7 Å². The molecule has 2 aromatic rings. The third-order valence-corrected chi connectivity index (χ3v) is 5.62. The molecular weight excluding hydrogens is 328 g/mol. The molecule has 26 heavy (non-hydrogen) atoms. The largest absolute Gasteiger partial charge is 0.347 e. The SMILES string of the molecule is Cc1cnc(CN2CC3(CCCN(Cc4cnc[nH]4)C3)CCC2=O)cn1. The molecule has 2 fully saturated rings. The molecule has 4 heterocycles. The molecule has 1 unspecified atom stereocenters. The number of carbonyl (C=O) groups is 1. The molecule has 1 N–H and O–H groups in total. The molecule has 0 aliphatic carbocycles. The summed E-state index contributed by atoms with van der Waals surface area (Å²) in [6.07, 6.45) is 11.2. The van der Waals surface area contributed by atoms with E-state index in [0.717, 1.165) is 49.7 Å². The highest BCUT2D eigenvalue weighted by atomic mass is 16.2. The van der Waals surface area contributed by atoms with E-state index < -0.39 is 0 Å². The summed E-state index contributed by atoms with van der Waals surface area (Å²) in [5, 5.41) is 0. The number of aryl methyl sites for hydroxylation is 1. The van der Waals surface area contributed by atoms with E-state index in [1.165, 1.54) is 12.8 Å². The van der Waals surface area contributed by atoms with Crippen molar-refractivity contribution in [2.24, 2.45) is 5.41 Å². The Morgan fingerprint density at radius 3 is 2.85 bits per heavy atom. The third-order valence-electron chi connectivity index (χ3n) is 5.62. The number of rotatable bonds is 4. The average Bonchev–Trinajstić information content (AvgIpc) is 3.14. The fraction of sp³-hybridized carbons (Fsp3) is 0.579. The van der Waals surface area contributed by atoms with Crippen LogP contribution in [0.1, 0.15) is 42.8 Å². The fourth-order valence-electron chi connectivity index (χ4n) is 4.33. The predicted octanol–water partition coefficient (Wildman–Crippen LogP) is 1.91. The number of aromatic nitrogens is 4. The van der Waals surface area contributed by atoms with Crippen molar-refractivity contribution < 1.29 is 4.79 Å². The number of amides is 1. The number of aromatic amines is 1. The van der Waals surface area contributed by atoms with Crippen molar-refractivity contribution in [2.75, 3.05) is 19.6 Å². The summed E-state index contributed by atoms with van der Waals surface area (Å²) in [6.45, 7) is 6.36. The van der Waals surface area contributed by atoms with Crippen LogP contribution in [0.4, 0.5) is 0 Å². The molecule has 1 amide bonds. The Hall–Kier alpha value is -2.28. The molecule has 7 nitrogen and oxygen atoms in total. The molecule has 2 aromatic heterocycles. The number of carbonyl (C=O) groups excluding carboxylic acids is 1. The van der Waals surface area contributed by atoms with Crippen LogP contribution < -0.4 is 0 Å². The van der Waals surface area contributed by atoms with Gasteiger partial charge < -0.3 is 9.88 Å². The smallest absolute Gasteiger partial charge is 0.222 e. The number of piperidine rings is 2. The number of likely N-dealkylation sites (tertiary alicyclic amines) is 2. The highest BCUT2D eigenvalue weighted by molar-refractivity contribution is 5.77. The van der Waals surface area contributed by atoms with Gasteiger partial charge >= 0.3 is 0 Å². The molecule has 2 aliphatic rings. The minimum atomic E-state index is 0.199. The molecule has 4 rings (SSSR count). The minimum Gasteiger partial charge on any atom is -0.347 e. The molecule has 0 bridgehead atoms. The van der Waals surface area contributed by atoms with Gasteiger partial charge in [-0.3, -0.25) is 19.7 Å². The van der Waals surface area contributed by atoms with Crippen LogP contribution in [0.3, 0.4) is 0 Å². The van der Waals surface area contributed by atoms with Crippen molar-refractivity contribution in [1.29, 1.82) is 0 Å². The Kier molecular flexibility index (Phi) is 4.72. The van der Waals surface area contributed by atoms with Crippen molar-refractivity contribution in [3.63, 3.8) is 0 Å². The van der Waals surface area contributed by atoms with E-state index in [0.29, 0.717) is 13.0 Å². The second-order valence-electron chi connectivity index (χ2n) is 7.79. The van der Waals surface area contributed by atoms with Crippen molar-refractivity contribution >= 4 is 5.91 Å². The third kappa shape index (κ3) is 3.77. The second kappa shape index (κ2) is 7.15. The molecule has 1 atom stereocenters. The summed E-state index contributed by atoms with van der Waals surface area (Å²) in [6, 6.07) is 0. The van der Waals surface area contributed by atoms with Gasteiger partial charge in [0.2, 0.25) is 5.91 Å². The first kappa shape index (κ1) is 17.1. The lowest BCUT2D eigenvalue weighted by molar-refractivity contribution is -0.140. The Morgan fingerprint density at radius 2 is 2.08 bits per heavy atom. The topological polar surface area (TPSA) is 78.0 Å². The maximum absolute atomic E-state index is 12.5. The number of H-pyrrole nitrogens is 1. The molecule has 138 valence electrons. The zero-order chi connectivity index (χ0) is 18.0. The van der Waals surface area contributed by atoms with Crippen LogP contribution in [0, 0.1) is 12.3 Å². The van der Waals surface area contributed by atoms with Gasteiger partial charge in [-0.25, -0.2) is 4.98 Å². The van der Waals surface area contributed by atoms with Gasteiger partial charge in [0.15, 0.2) is 0 Å². The van der Waals surface area contributed by atoms with E-state index in [4.69, 9.17) is 0 Å². The van der Waals surface area contributed by atoms with Gasteiger partial charge in [-0.1, -0.05) is 0 Å². The Balaban J connectivity index is 1.44.